The molecule has 0 amide bonds. The molecule has 0 aliphatic rings. The largest absolute Gasteiger partial charge is 0.467 e. The van der Waals surface area contributed by atoms with E-state index in [1.807, 2.05) is 0 Å². The van der Waals surface area contributed by atoms with E-state index in [0.717, 1.165) is 0 Å². The first-order valence-electron chi connectivity index (χ1n) is 6.42. The summed E-state index contributed by atoms with van der Waals surface area (Å²) < 4.78 is 15.4. The zero-order valence-corrected chi connectivity index (χ0v) is 13.0. The van der Waals surface area contributed by atoms with Crippen molar-refractivity contribution in [2.45, 2.75) is 13.3 Å². The van der Waals surface area contributed by atoms with Crippen molar-refractivity contribution >= 4 is 17.4 Å². The van der Waals surface area contributed by atoms with Gasteiger partial charge >= 0.3 is 18.0 Å². The van der Waals surface area contributed by atoms with Crippen molar-refractivity contribution in [2.75, 3.05) is 14.2 Å². The number of benzene rings is 1. The predicted octanol–water partition coefficient (Wildman–Crippen LogP) is 2.93. The summed E-state index contributed by atoms with van der Waals surface area (Å²) in [4.78, 5) is 23.4. The van der Waals surface area contributed by atoms with Crippen LogP contribution in [0.3, 0.4) is 0 Å². The minimum Gasteiger partial charge on any atom is -0.467 e. The van der Waals surface area contributed by atoms with Gasteiger partial charge in [0.25, 0.3) is 0 Å². The Bertz CT molecular complexity index is 672. The summed E-state index contributed by atoms with van der Waals surface area (Å²) >= 11 is 6.08. The van der Waals surface area contributed by atoms with Gasteiger partial charge in [0.05, 0.1) is 19.2 Å². The minimum absolute atomic E-state index is 0.00525. The lowest BCUT2D eigenvalue weighted by Gasteiger charge is -2.08. The maximum absolute atomic E-state index is 11.7. The lowest BCUT2D eigenvalue weighted by Crippen LogP contribution is -2.02. The van der Waals surface area contributed by atoms with E-state index in [0.29, 0.717) is 22.8 Å². The lowest BCUT2D eigenvalue weighted by atomic mass is 10.1. The second kappa shape index (κ2) is 7.04. The second-order valence-corrected chi connectivity index (χ2v) is 4.52. The SMILES string of the molecule is CCC(=O)c1ccc(Oc2nc(OC)nc(OC)n2)cc1Cl. The highest BCUT2D eigenvalue weighted by Crippen LogP contribution is 2.27. The molecule has 7 nitrogen and oxygen atoms in total. The molecule has 0 saturated heterocycles. The molecule has 1 heterocycles. The number of hydrogen-bond donors (Lipinski definition) is 0. The molecule has 22 heavy (non-hydrogen) atoms. The predicted molar refractivity (Wildman–Crippen MR) is 79.1 cm³/mol. The number of hydrogen-bond acceptors (Lipinski definition) is 7. The molecular weight excluding hydrogens is 310 g/mol. The van der Waals surface area contributed by atoms with Gasteiger partial charge in [0.15, 0.2) is 5.78 Å². The topological polar surface area (TPSA) is 83.4 Å². The van der Waals surface area contributed by atoms with Crippen molar-refractivity contribution in [3.63, 3.8) is 0 Å². The molecule has 0 fully saturated rings. The van der Waals surface area contributed by atoms with E-state index < -0.39 is 0 Å². The molecule has 0 bridgehead atoms. The summed E-state index contributed by atoms with van der Waals surface area (Å²) in [5.41, 5.74) is 0.447. The maximum Gasteiger partial charge on any atom is 0.331 e. The first-order valence-corrected chi connectivity index (χ1v) is 6.79. The summed E-state index contributed by atoms with van der Waals surface area (Å²) in [6, 6.07) is 4.84. The Labute approximate surface area is 132 Å². The van der Waals surface area contributed by atoms with Gasteiger partial charge in [0.1, 0.15) is 5.75 Å². The number of carbonyl (C=O) groups excluding carboxylic acids is 1. The quantitative estimate of drug-likeness (QED) is 0.756. The normalized spacial score (nSPS) is 10.2. The highest BCUT2D eigenvalue weighted by molar-refractivity contribution is 6.34. The molecule has 0 unspecified atom stereocenters. The highest BCUT2D eigenvalue weighted by Gasteiger charge is 2.12. The van der Waals surface area contributed by atoms with E-state index in [4.69, 9.17) is 25.8 Å². The molecule has 8 heteroatoms. The number of aromatic nitrogens is 3. The van der Waals surface area contributed by atoms with Gasteiger partial charge in [-0.25, -0.2) is 0 Å². The number of ether oxygens (including phenoxy) is 3. The third-order valence-corrected chi connectivity index (χ3v) is 3.02. The smallest absolute Gasteiger partial charge is 0.331 e. The van der Waals surface area contributed by atoms with Crippen LogP contribution in [0.1, 0.15) is 23.7 Å². The van der Waals surface area contributed by atoms with Crippen LogP contribution < -0.4 is 14.2 Å². The molecule has 116 valence electrons. The Kier molecular flexibility index (Phi) is 5.11. The van der Waals surface area contributed by atoms with Crippen molar-refractivity contribution in [3.05, 3.63) is 28.8 Å². The molecule has 0 aliphatic heterocycles. The molecule has 0 radical (unpaired) electrons. The Morgan fingerprint density at radius 2 is 1.68 bits per heavy atom. The third-order valence-electron chi connectivity index (χ3n) is 2.71. The Balaban J connectivity index is 2.27. The van der Waals surface area contributed by atoms with Crippen LogP contribution in [0.25, 0.3) is 0 Å². The molecule has 2 rings (SSSR count). The number of ketones is 1. The number of carbonyl (C=O) groups is 1. The van der Waals surface area contributed by atoms with Crippen molar-refractivity contribution in [2.24, 2.45) is 0 Å². The van der Waals surface area contributed by atoms with Gasteiger partial charge in [-0.3, -0.25) is 4.79 Å². The summed E-state index contributed by atoms with van der Waals surface area (Å²) in [6.45, 7) is 1.77. The van der Waals surface area contributed by atoms with Crippen LogP contribution in [0.5, 0.6) is 23.8 Å². The van der Waals surface area contributed by atoms with Gasteiger partial charge in [0, 0.05) is 18.1 Å². The van der Waals surface area contributed by atoms with Gasteiger partial charge in [-0.15, -0.1) is 15.0 Å². The van der Waals surface area contributed by atoms with Crippen molar-refractivity contribution in [1.82, 2.24) is 15.0 Å². The van der Waals surface area contributed by atoms with E-state index in [1.54, 1.807) is 19.1 Å². The van der Waals surface area contributed by atoms with Crippen LogP contribution in [-0.4, -0.2) is 35.0 Å². The summed E-state index contributed by atoms with van der Waals surface area (Å²) in [7, 11) is 2.83. The van der Waals surface area contributed by atoms with E-state index in [2.05, 4.69) is 15.0 Å². The second-order valence-electron chi connectivity index (χ2n) is 4.11. The van der Waals surface area contributed by atoms with Gasteiger partial charge in [-0.05, 0) is 12.1 Å². The minimum atomic E-state index is -0.0416. The number of Topliss-reactive ketones (excluding diaryl/α,β-unsaturated/α-hetero) is 1. The molecule has 1 aromatic heterocycles. The van der Waals surface area contributed by atoms with Gasteiger partial charge in [-0.1, -0.05) is 18.5 Å². The van der Waals surface area contributed by atoms with Crippen molar-refractivity contribution in [3.8, 4) is 23.8 Å². The van der Waals surface area contributed by atoms with E-state index >= 15 is 0 Å². The monoisotopic (exact) mass is 323 g/mol. The van der Waals surface area contributed by atoms with E-state index in [9.17, 15) is 4.79 Å². The molecule has 2 aromatic rings. The number of rotatable bonds is 6. The first-order chi connectivity index (χ1) is 10.6. The molecule has 0 N–H and O–H groups in total. The van der Waals surface area contributed by atoms with Crippen molar-refractivity contribution < 1.29 is 19.0 Å². The van der Waals surface area contributed by atoms with Crippen LogP contribution in [0.2, 0.25) is 5.02 Å². The van der Waals surface area contributed by atoms with Crippen LogP contribution in [-0.2, 0) is 0 Å². The lowest BCUT2D eigenvalue weighted by molar-refractivity contribution is 0.0988. The van der Waals surface area contributed by atoms with Gasteiger partial charge in [0.2, 0.25) is 0 Å². The zero-order valence-electron chi connectivity index (χ0n) is 12.3. The fraction of sp³-hybridized carbons (Fsp3) is 0.286. The highest BCUT2D eigenvalue weighted by atomic mass is 35.5. The average Bonchev–Trinajstić information content (AvgIpc) is 2.53. The van der Waals surface area contributed by atoms with Crippen LogP contribution in [0.15, 0.2) is 18.2 Å². The van der Waals surface area contributed by atoms with Crippen molar-refractivity contribution in [1.29, 1.82) is 0 Å². The molecule has 0 spiro atoms. The Morgan fingerprint density at radius 1 is 1.09 bits per heavy atom. The summed E-state index contributed by atoms with van der Waals surface area (Å²) in [5.74, 6) is 0.341. The maximum atomic E-state index is 11.7. The number of halogens is 1. The molecule has 0 saturated carbocycles. The first kappa shape index (κ1) is 16.0. The van der Waals surface area contributed by atoms with Gasteiger partial charge in [-0.2, -0.15) is 0 Å². The van der Waals surface area contributed by atoms with E-state index in [-0.39, 0.29) is 23.8 Å². The zero-order chi connectivity index (χ0) is 16.1. The van der Waals surface area contributed by atoms with Gasteiger partial charge < -0.3 is 14.2 Å². The van der Waals surface area contributed by atoms with Crippen LogP contribution >= 0.6 is 11.6 Å². The van der Waals surface area contributed by atoms with Crippen LogP contribution in [0.4, 0.5) is 0 Å². The fourth-order valence-corrected chi connectivity index (χ4v) is 1.91. The average molecular weight is 324 g/mol. The molecular formula is C14H14ClN3O4. The Hall–Kier alpha value is -2.41. The molecule has 0 atom stereocenters. The van der Waals surface area contributed by atoms with Crippen LogP contribution in [0, 0.1) is 0 Å². The fourth-order valence-electron chi connectivity index (χ4n) is 1.63. The summed E-state index contributed by atoms with van der Waals surface area (Å²) in [5, 5.41) is 0.303. The standard InChI is InChI=1S/C14H14ClN3O4/c1-4-11(19)9-6-5-8(7-10(9)15)22-14-17-12(20-2)16-13(18-14)21-3/h5-7H,4H2,1-3H3. The Morgan fingerprint density at radius 3 is 2.18 bits per heavy atom. The third kappa shape index (κ3) is 3.62. The summed E-state index contributed by atoms with van der Waals surface area (Å²) in [6.07, 6.45) is 0.377. The molecule has 0 aliphatic carbocycles. The number of methoxy groups -OCH3 is 2. The van der Waals surface area contributed by atoms with E-state index in [1.165, 1.54) is 20.3 Å². The molecule has 1 aromatic carbocycles. The number of nitrogens with zero attached hydrogens (tertiary/aromatic N) is 3.